The predicted molar refractivity (Wildman–Crippen MR) is 55.2 cm³/mol. The van der Waals surface area contributed by atoms with Gasteiger partial charge in [-0.05, 0) is 19.0 Å². The van der Waals surface area contributed by atoms with E-state index in [-0.39, 0.29) is 11.8 Å². The summed E-state index contributed by atoms with van der Waals surface area (Å²) in [7, 11) is 1.75. The summed E-state index contributed by atoms with van der Waals surface area (Å²) in [5.41, 5.74) is 0. The molecule has 0 saturated carbocycles. The molecule has 1 saturated heterocycles. The minimum atomic E-state index is 0.0117. The molecule has 1 aliphatic rings. The number of carbonyl (C=O) groups is 1. The molecule has 1 fully saturated rings. The Balaban J connectivity index is 1.94. The molecule has 2 N–H and O–H groups in total. The molecule has 0 radical (unpaired) electrons. The van der Waals surface area contributed by atoms with Crippen LogP contribution >= 0.6 is 0 Å². The zero-order chi connectivity index (χ0) is 10.8. The highest BCUT2D eigenvalue weighted by Crippen LogP contribution is 2.17. The zero-order valence-electron chi connectivity index (χ0n) is 8.90. The lowest BCUT2D eigenvalue weighted by Gasteiger charge is -2.31. The summed E-state index contributed by atoms with van der Waals surface area (Å²) >= 11 is 0. The molecule has 1 aromatic rings. The largest absolute Gasteiger partial charge is 0.316 e. The van der Waals surface area contributed by atoms with Crippen molar-refractivity contribution in [2.75, 3.05) is 18.4 Å². The van der Waals surface area contributed by atoms with Crippen molar-refractivity contribution < 1.29 is 4.79 Å². The van der Waals surface area contributed by atoms with Gasteiger partial charge in [-0.3, -0.25) is 10.1 Å². The Bertz CT molecular complexity index is 357. The van der Waals surface area contributed by atoms with Gasteiger partial charge in [-0.15, -0.1) is 0 Å². The smallest absolute Gasteiger partial charge is 0.229 e. The van der Waals surface area contributed by atoms with Crippen molar-refractivity contribution in [3.63, 3.8) is 0 Å². The monoisotopic (exact) mass is 209 g/mol. The zero-order valence-corrected chi connectivity index (χ0v) is 8.90. The second-order valence-electron chi connectivity index (χ2n) is 3.90. The molecular weight excluding hydrogens is 194 g/mol. The van der Waals surface area contributed by atoms with Crippen LogP contribution in [0, 0.1) is 11.8 Å². The van der Waals surface area contributed by atoms with E-state index < -0.39 is 0 Å². The summed E-state index contributed by atoms with van der Waals surface area (Å²) in [6, 6.07) is 0. The van der Waals surface area contributed by atoms with E-state index in [0.29, 0.717) is 11.9 Å². The first-order chi connectivity index (χ1) is 7.18. The SMILES string of the molecule is CC(C(=O)Nc1ncnn1C)C1CNC1. The Labute approximate surface area is 88.1 Å². The third-order valence-corrected chi connectivity index (χ3v) is 2.88. The molecule has 1 amide bonds. The molecule has 2 heterocycles. The first kappa shape index (κ1) is 10.1. The number of hydrogen-bond donors (Lipinski definition) is 2. The van der Waals surface area contributed by atoms with Crippen molar-refractivity contribution in [3.05, 3.63) is 6.33 Å². The molecule has 6 heteroatoms. The van der Waals surface area contributed by atoms with Crippen LogP contribution in [0.25, 0.3) is 0 Å². The Kier molecular flexibility index (Phi) is 2.68. The summed E-state index contributed by atoms with van der Waals surface area (Å²) in [6.07, 6.45) is 1.42. The van der Waals surface area contributed by atoms with Crippen LogP contribution in [0.1, 0.15) is 6.92 Å². The Morgan fingerprint density at radius 3 is 2.93 bits per heavy atom. The van der Waals surface area contributed by atoms with Gasteiger partial charge in [-0.25, -0.2) is 4.68 Å². The second kappa shape index (κ2) is 3.98. The highest BCUT2D eigenvalue weighted by Gasteiger charge is 2.29. The highest BCUT2D eigenvalue weighted by molar-refractivity contribution is 5.91. The van der Waals surface area contributed by atoms with Gasteiger partial charge >= 0.3 is 0 Å². The van der Waals surface area contributed by atoms with Crippen LogP contribution in [0.15, 0.2) is 6.33 Å². The minimum Gasteiger partial charge on any atom is -0.316 e. The van der Waals surface area contributed by atoms with E-state index in [0.717, 1.165) is 13.1 Å². The molecule has 1 aliphatic heterocycles. The fourth-order valence-electron chi connectivity index (χ4n) is 1.51. The van der Waals surface area contributed by atoms with Crippen molar-refractivity contribution >= 4 is 11.9 Å². The fourth-order valence-corrected chi connectivity index (χ4v) is 1.51. The molecule has 0 bridgehead atoms. The maximum atomic E-state index is 11.8. The van der Waals surface area contributed by atoms with Crippen molar-refractivity contribution in [3.8, 4) is 0 Å². The van der Waals surface area contributed by atoms with Crippen molar-refractivity contribution in [1.29, 1.82) is 0 Å². The molecular formula is C9H15N5O. The third kappa shape index (κ3) is 1.99. The molecule has 2 rings (SSSR count). The predicted octanol–water partition coefficient (Wildman–Crippen LogP) is -0.391. The molecule has 82 valence electrons. The van der Waals surface area contributed by atoms with Crippen LogP contribution in [0.3, 0.4) is 0 Å². The standard InChI is InChI=1S/C9H15N5O/c1-6(7-3-10-4-7)8(15)13-9-11-5-12-14(9)2/h5-7,10H,3-4H2,1-2H3,(H,11,12,13,15). The first-order valence-corrected chi connectivity index (χ1v) is 5.04. The third-order valence-electron chi connectivity index (χ3n) is 2.88. The van der Waals surface area contributed by atoms with Crippen LogP contribution in [0.2, 0.25) is 0 Å². The average Bonchev–Trinajstić information content (AvgIpc) is 2.49. The summed E-state index contributed by atoms with van der Waals surface area (Å²) in [6.45, 7) is 3.79. The summed E-state index contributed by atoms with van der Waals surface area (Å²) in [5, 5.41) is 9.80. The average molecular weight is 209 g/mol. The van der Waals surface area contributed by atoms with Gasteiger partial charge in [0.1, 0.15) is 6.33 Å². The lowest BCUT2D eigenvalue weighted by atomic mass is 9.88. The molecule has 1 aromatic heterocycles. The van der Waals surface area contributed by atoms with Crippen LogP contribution in [-0.4, -0.2) is 33.8 Å². The lowest BCUT2D eigenvalue weighted by molar-refractivity contribution is -0.121. The second-order valence-corrected chi connectivity index (χ2v) is 3.90. The van der Waals surface area contributed by atoms with Gasteiger partial charge in [0.2, 0.25) is 11.9 Å². The number of aryl methyl sites for hydroxylation is 1. The normalized spacial score (nSPS) is 18.3. The Morgan fingerprint density at radius 1 is 1.73 bits per heavy atom. The molecule has 1 unspecified atom stereocenters. The van der Waals surface area contributed by atoms with Gasteiger partial charge in [0, 0.05) is 13.0 Å². The number of aromatic nitrogens is 3. The first-order valence-electron chi connectivity index (χ1n) is 5.04. The number of hydrogen-bond acceptors (Lipinski definition) is 4. The van der Waals surface area contributed by atoms with E-state index >= 15 is 0 Å². The summed E-state index contributed by atoms with van der Waals surface area (Å²) in [5.74, 6) is 0.970. The van der Waals surface area contributed by atoms with Gasteiger partial charge < -0.3 is 5.32 Å². The number of rotatable bonds is 3. The van der Waals surface area contributed by atoms with E-state index in [1.165, 1.54) is 6.33 Å². The topological polar surface area (TPSA) is 71.8 Å². The van der Waals surface area contributed by atoms with Crippen LogP contribution in [0.4, 0.5) is 5.95 Å². The minimum absolute atomic E-state index is 0.0117. The van der Waals surface area contributed by atoms with Crippen molar-refractivity contribution in [2.24, 2.45) is 18.9 Å². The Morgan fingerprint density at radius 2 is 2.47 bits per heavy atom. The summed E-state index contributed by atoms with van der Waals surface area (Å²) < 4.78 is 1.55. The molecule has 0 aliphatic carbocycles. The quantitative estimate of drug-likeness (QED) is 0.711. The van der Waals surface area contributed by atoms with Gasteiger partial charge in [0.25, 0.3) is 0 Å². The number of nitrogens with one attached hydrogen (secondary N) is 2. The molecule has 6 nitrogen and oxygen atoms in total. The van der Waals surface area contributed by atoms with E-state index in [1.54, 1.807) is 11.7 Å². The van der Waals surface area contributed by atoms with Crippen molar-refractivity contribution in [1.82, 2.24) is 20.1 Å². The maximum absolute atomic E-state index is 11.8. The summed E-state index contributed by atoms with van der Waals surface area (Å²) in [4.78, 5) is 15.7. The van der Waals surface area contributed by atoms with E-state index in [4.69, 9.17) is 0 Å². The number of anilines is 1. The van der Waals surface area contributed by atoms with Gasteiger partial charge in [-0.2, -0.15) is 10.1 Å². The van der Waals surface area contributed by atoms with E-state index in [9.17, 15) is 4.79 Å². The van der Waals surface area contributed by atoms with E-state index in [2.05, 4.69) is 20.7 Å². The molecule has 0 aromatic carbocycles. The molecule has 1 atom stereocenters. The van der Waals surface area contributed by atoms with Gasteiger partial charge in [0.15, 0.2) is 0 Å². The maximum Gasteiger partial charge on any atom is 0.229 e. The van der Waals surface area contributed by atoms with Gasteiger partial charge in [-0.1, -0.05) is 6.92 Å². The molecule has 0 spiro atoms. The van der Waals surface area contributed by atoms with E-state index in [1.807, 2.05) is 6.92 Å². The van der Waals surface area contributed by atoms with Gasteiger partial charge in [0.05, 0.1) is 0 Å². The van der Waals surface area contributed by atoms with Crippen LogP contribution in [-0.2, 0) is 11.8 Å². The number of amides is 1. The van der Waals surface area contributed by atoms with Crippen molar-refractivity contribution in [2.45, 2.75) is 6.92 Å². The highest BCUT2D eigenvalue weighted by atomic mass is 16.2. The fraction of sp³-hybridized carbons (Fsp3) is 0.667. The Hall–Kier alpha value is -1.43. The number of carbonyl (C=O) groups excluding carboxylic acids is 1. The van der Waals surface area contributed by atoms with Crippen LogP contribution in [0.5, 0.6) is 0 Å². The lowest BCUT2D eigenvalue weighted by Crippen LogP contribution is -2.48. The van der Waals surface area contributed by atoms with Crippen LogP contribution < -0.4 is 10.6 Å². The number of nitrogens with zero attached hydrogens (tertiary/aromatic N) is 3. The molecule has 15 heavy (non-hydrogen) atoms.